The standard InChI is InChI=1S/C25H17ClN4O5/c26-18-4-2-1-3-15(18)23(31)28-14-6-8-19-16(10-14)22-17(11-33-19)25(24(27)32,30-29-22)13-5-7-20-21(9-13)35-12-34-20/h1-10H,11-12H2,(H2,27,32)(H,28,31). The number of hydrogen-bond acceptors (Lipinski definition) is 7. The summed E-state index contributed by atoms with van der Waals surface area (Å²) in [7, 11) is 0. The van der Waals surface area contributed by atoms with Crippen molar-refractivity contribution in [2.45, 2.75) is 5.54 Å². The van der Waals surface area contributed by atoms with Crippen molar-refractivity contribution in [2.24, 2.45) is 16.0 Å². The number of halogens is 1. The Kier molecular flexibility index (Phi) is 4.75. The number of ether oxygens (including phenoxy) is 3. The molecule has 9 nitrogen and oxygen atoms in total. The molecule has 3 aromatic rings. The molecule has 0 spiro atoms. The highest BCUT2D eigenvalue weighted by molar-refractivity contribution is 6.34. The Morgan fingerprint density at radius 2 is 1.77 bits per heavy atom. The van der Waals surface area contributed by atoms with Gasteiger partial charge in [0.05, 0.1) is 10.6 Å². The van der Waals surface area contributed by atoms with Crippen LogP contribution < -0.4 is 25.3 Å². The van der Waals surface area contributed by atoms with Crippen LogP contribution in [0.2, 0.25) is 5.02 Å². The van der Waals surface area contributed by atoms with Crippen LogP contribution >= 0.6 is 11.6 Å². The third kappa shape index (κ3) is 3.23. The van der Waals surface area contributed by atoms with Gasteiger partial charge in [-0.15, -0.1) is 0 Å². The molecule has 3 aliphatic rings. The maximum Gasteiger partial charge on any atom is 0.257 e. The first kappa shape index (κ1) is 21.2. The molecule has 0 saturated heterocycles. The van der Waals surface area contributed by atoms with E-state index in [4.69, 9.17) is 31.5 Å². The van der Waals surface area contributed by atoms with E-state index in [0.717, 1.165) is 0 Å². The van der Waals surface area contributed by atoms with Crippen LogP contribution in [0.25, 0.3) is 5.70 Å². The second-order valence-electron chi connectivity index (χ2n) is 8.10. The van der Waals surface area contributed by atoms with Crippen molar-refractivity contribution in [3.05, 3.63) is 87.9 Å². The maximum absolute atomic E-state index is 12.8. The van der Waals surface area contributed by atoms with Gasteiger partial charge in [0.15, 0.2) is 11.5 Å². The van der Waals surface area contributed by atoms with Gasteiger partial charge in [-0.1, -0.05) is 29.8 Å². The highest BCUT2D eigenvalue weighted by Gasteiger charge is 2.50. The summed E-state index contributed by atoms with van der Waals surface area (Å²) in [5, 5.41) is 11.9. The molecular weight excluding hydrogens is 472 g/mol. The fourth-order valence-corrected chi connectivity index (χ4v) is 4.63. The number of nitrogens with zero attached hydrogens (tertiary/aromatic N) is 2. The molecule has 0 fully saturated rings. The Morgan fingerprint density at radius 1 is 0.971 bits per heavy atom. The summed E-state index contributed by atoms with van der Waals surface area (Å²) in [5.41, 5.74) is 7.24. The van der Waals surface area contributed by atoms with Crippen LogP contribution in [0.4, 0.5) is 5.69 Å². The number of primary amides is 1. The summed E-state index contributed by atoms with van der Waals surface area (Å²) in [4.78, 5) is 25.6. The Labute approximate surface area is 204 Å². The van der Waals surface area contributed by atoms with Crippen LogP contribution in [0.1, 0.15) is 21.5 Å². The predicted octanol–water partition coefficient (Wildman–Crippen LogP) is 4.27. The normalized spacial score (nSPS) is 19.1. The van der Waals surface area contributed by atoms with Crippen molar-refractivity contribution in [3.63, 3.8) is 0 Å². The quantitative estimate of drug-likeness (QED) is 0.567. The number of hydrogen-bond donors (Lipinski definition) is 2. The van der Waals surface area contributed by atoms with Crippen molar-refractivity contribution in [1.82, 2.24) is 0 Å². The van der Waals surface area contributed by atoms with E-state index < -0.39 is 11.4 Å². The average molecular weight is 489 g/mol. The zero-order valence-corrected chi connectivity index (χ0v) is 18.8. The lowest BCUT2D eigenvalue weighted by Gasteiger charge is -2.28. The molecule has 1 atom stereocenters. The van der Waals surface area contributed by atoms with Crippen LogP contribution in [-0.2, 0) is 10.3 Å². The third-order valence-corrected chi connectivity index (χ3v) is 6.48. The van der Waals surface area contributed by atoms with Crippen molar-refractivity contribution in [3.8, 4) is 17.2 Å². The minimum Gasteiger partial charge on any atom is -0.488 e. The first-order chi connectivity index (χ1) is 17.0. The van der Waals surface area contributed by atoms with Crippen molar-refractivity contribution in [2.75, 3.05) is 18.7 Å². The van der Waals surface area contributed by atoms with Gasteiger partial charge in [0.2, 0.25) is 12.3 Å². The van der Waals surface area contributed by atoms with Crippen molar-refractivity contribution in [1.29, 1.82) is 0 Å². The Bertz CT molecular complexity index is 1480. The molecule has 6 rings (SSSR count). The largest absolute Gasteiger partial charge is 0.488 e. The minimum atomic E-state index is -1.55. The molecule has 35 heavy (non-hydrogen) atoms. The van der Waals surface area contributed by atoms with Gasteiger partial charge < -0.3 is 25.3 Å². The monoisotopic (exact) mass is 488 g/mol. The van der Waals surface area contributed by atoms with E-state index in [1.54, 1.807) is 60.7 Å². The molecule has 0 saturated carbocycles. The van der Waals surface area contributed by atoms with Crippen molar-refractivity contribution < 1.29 is 23.8 Å². The number of carbonyl (C=O) groups excluding carboxylic acids is 2. The molecule has 2 amide bonds. The summed E-state index contributed by atoms with van der Waals surface area (Å²) >= 11 is 6.15. The number of nitrogens with one attached hydrogen (secondary N) is 1. The van der Waals surface area contributed by atoms with Gasteiger partial charge in [-0.05, 0) is 48.0 Å². The van der Waals surface area contributed by atoms with Crippen LogP contribution in [0, 0.1) is 0 Å². The second kappa shape index (κ2) is 7.85. The summed E-state index contributed by atoms with van der Waals surface area (Å²) < 4.78 is 16.8. The molecule has 0 aromatic heterocycles. The lowest BCUT2D eigenvalue weighted by Crippen LogP contribution is -2.42. The van der Waals surface area contributed by atoms with Crippen LogP contribution in [-0.4, -0.2) is 25.2 Å². The molecule has 3 N–H and O–H groups in total. The third-order valence-electron chi connectivity index (χ3n) is 6.15. The summed E-state index contributed by atoms with van der Waals surface area (Å²) in [6.07, 6.45) is 0. The molecular formula is C25H17ClN4O5. The van der Waals surface area contributed by atoms with Gasteiger partial charge >= 0.3 is 0 Å². The lowest BCUT2D eigenvalue weighted by atomic mass is 9.80. The fraction of sp³-hybridized carbons (Fsp3) is 0.120. The minimum absolute atomic E-state index is 0.0675. The number of amides is 2. The number of carbonyl (C=O) groups is 2. The molecule has 3 aromatic carbocycles. The van der Waals surface area contributed by atoms with Gasteiger partial charge in [-0.3, -0.25) is 9.59 Å². The highest BCUT2D eigenvalue weighted by Crippen LogP contribution is 2.50. The van der Waals surface area contributed by atoms with Crippen LogP contribution in [0.15, 0.2) is 76.5 Å². The topological polar surface area (TPSA) is 125 Å². The second-order valence-corrected chi connectivity index (χ2v) is 8.51. The van der Waals surface area contributed by atoms with E-state index in [0.29, 0.717) is 55.9 Å². The average Bonchev–Trinajstić information content (AvgIpc) is 3.49. The molecule has 3 aliphatic heterocycles. The van der Waals surface area contributed by atoms with E-state index in [9.17, 15) is 9.59 Å². The van der Waals surface area contributed by atoms with E-state index >= 15 is 0 Å². The van der Waals surface area contributed by atoms with Gasteiger partial charge in [0.1, 0.15) is 18.1 Å². The number of benzene rings is 3. The molecule has 10 heteroatoms. The Hall–Kier alpha value is -4.37. The molecule has 0 radical (unpaired) electrons. The van der Waals surface area contributed by atoms with E-state index in [2.05, 4.69) is 15.5 Å². The summed E-state index contributed by atoms with van der Waals surface area (Å²) in [5.74, 6) is 0.557. The highest BCUT2D eigenvalue weighted by atomic mass is 35.5. The number of fused-ring (bicyclic) bond motifs is 3. The van der Waals surface area contributed by atoms with Crippen LogP contribution in [0.5, 0.6) is 17.2 Å². The molecule has 0 aliphatic carbocycles. The summed E-state index contributed by atoms with van der Waals surface area (Å²) in [6.45, 7) is 0.162. The van der Waals surface area contributed by atoms with Crippen molar-refractivity contribution >= 4 is 34.8 Å². The van der Waals surface area contributed by atoms with E-state index in [-0.39, 0.29) is 19.3 Å². The predicted molar refractivity (Wildman–Crippen MR) is 127 cm³/mol. The molecule has 174 valence electrons. The van der Waals surface area contributed by atoms with E-state index in [1.165, 1.54) is 0 Å². The SMILES string of the molecule is NC(=O)C1(c2ccc3c(c2)OCO3)N=NC2=C1COc1ccc(NC(=O)c3ccccc3Cl)cc12. The molecule has 1 unspecified atom stereocenters. The van der Waals surface area contributed by atoms with Gasteiger partial charge in [-0.2, -0.15) is 10.2 Å². The van der Waals surface area contributed by atoms with E-state index in [1.807, 2.05) is 0 Å². The number of anilines is 1. The molecule has 0 bridgehead atoms. The zero-order valence-electron chi connectivity index (χ0n) is 18.1. The fourth-order valence-electron chi connectivity index (χ4n) is 4.41. The number of rotatable bonds is 4. The smallest absolute Gasteiger partial charge is 0.257 e. The lowest BCUT2D eigenvalue weighted by molar-refractivity contribution is -0.122. The zero-order chi connectivity index (χ0) is 24.2. The van der Waals surface area contributed by atoms with Gasteiger partial charge in [-0.25, -0.2) is 0 Å². The van der Waals surface area contributed by atoms with Gasteiger partial charge in [0, 0.05) is 16.8 Å². The number of azo groups is 1. The van der Waals surface area contributed by atoms with Crippen LogP contribution in [0.3, 0.4) is 0 Å². The molecule has 3 heterocycles. The summed E-state index contributed by atoms with van der Waals surface area (Å²) in [6, 6.07) is 17.0. The Morgan fingerprint density at radius 3 is 2.60 bits per heavy atom. The first-order valence-corrected chi connectivity index (χ1v) is 11.0. The maximum atomic E-state index is 12.8. The first-order valence-electron chi connectivity index (χ1n) is 10.7. The Balaban J connectivity index is 1.40. The number of nitrogens with two attached hydrogens (primary N) is 1. The van der Waals surface area contributed by atoms with Gasteiger partial charge in [0.25, 0.3) is 11.8 Å².